The van der Waals surface area contributed by atoms with Crippen molar-refractivity contribution in [3.8, 4) is 0 Å². The smallest absolute Gasteiger partial charge is 0.315 e. The van der Waals surface area contributed by atoms with Gasteiger partial charge in [0.15, 0.2) is 0 Å². The molecule has 0 heterocycles. The van der Waals surface area contributed by atoms with Crippen molar-refractivity contribution < 1.29 is 14.7 Å². The molecular weight excluding hydrogens is 210 g/mol. The second-order valence-electron chi connectivity index (χ2n) is 3.61. The Labute approximate surface area is 95.8 Å². The van der Waals surface area contributed by atoms with Crippen molar-refractivity contribution >= 4 is 12.0 Å². The van der Waals surface area contributed by atoms with Crippen molar-refractivity contribution in [2.45, 2.75) is 32.7 Å². The van der Waals surface area contributed by atoms with Crippen LogP contribution in [0.5, 0.6) is 0 Å². The van der Waals surface area contributed by atoms with E-state index in [9.17, 15) is 9.59 Å². The van der Waals surface area contributed by atoms with E-state index in [1.165, 1.54) is 0 Å². The highest BCUT2D eigenvalue weighted by atomic mass is 16.4. The third-order valence-electron chi connectivity index (χ3n) is 1.92. The maximum Gasteiger partial charge on any atom is 0.315 e. The van der Waals surface area contributed by atoms with Gasteiger partial charge < -0.3 is 21.1 Å². The molecule has 0 aromatic carbocycles. The van der Waals surface area contributed by atoms with Gasteiger partial charge in [0.05, 0.1) is 6.42 Å². The number of urea groups is 1. The lowest BCUT2D eigenvalue weighted by Crippen LogP contribution is -2.42. The molecule has 1 unspecified atom stereocenters. The first-order valence-electron chi connectivity index (χ1n) is 5.53. The number of amides is 2. The van der Waals surface area contributed by atoms with E-state index in [0.717, 1.165) is 19.5 Å². The van der Waals surface area contributed by atoms with Gasteiger partial charge in [-0.2, -0.15) is 0 Å². The van der Waals surface area contributed by atoms with Crippen LogP contribution in [0.3, 0.4) is 0 Å². The number of carboxylic acid groups (broad SMARTS) is 1. The fourth-order valence-electron chi connectivity index (χ4n) is 1.18. The van der Waals surface area contributed by atoms with E-state index in [2.05, 4.69) is 16.0 Å². The minimum atomic E-state index is -0.917. The highest BCUT2D eigenvalue weighted by Gasteiger charge is 2.09. The van der Waals surface area contributed by atoms with Gasteiger partial charge in [0.2, 0.25) is 0 Å². The summed E-state index contributed by atoms with van der Waals surface area (Å²) >= 11 is 0. The van der Waals surface area contributed by atoms with Crippen LogP contribution in [0, 0.1) is 0 Å². The zero-order chi connectivity index (χ0) is 12.4. The predicted octanol–water partition coefficient (Wildman–Crippen LogP) is 0.148. The number of hydrogen-bond acceptors (Lipinski definition) is 3. The van der Waals surface area contributed by atoms with Gasteiger partial charge in [-0.1, -0.05) is 6.92 Å². The monoisotopic (exact) mass is 231 g/mol. The molecule has 6 heteroatoms. The van der Waals surface area contributed by atoms with E-state index in [4.69, 9.17) is 5.11 Å². The first-order chi connectivity index (χ1) is 7.56. The largest absolute Gasteiger partial charge is 0.481 e. The van der Waals surface area contributed by atoms with Gasteiger partial charge in [-0.3, -0.25) is 4.79 Å². The summed E-state index contributed by atoms with van der Waals surface area (Å²) in [6.45, 7) is 6.04. The van der Waals surface area contributed by atoms with Crippen LogP contribution >= 0.6 is 0 Å². The lowest BCUT2D eigenvalue weighted by molar-refractivity contribution is -0.137. The van der Waals surface area contributed by atoms with Crippen LogP contribution in [0.1, 0.15) is 26.7 Å². The topological polar surface area (TPSA) is 90.5 Å². The average molecular weight is 231 g/mol. The number of rotatable bonds is 8. The Morgan fingerprint density at radius 3 is 2.56 bits per heavy atom. The molecule has 0 spiro atoms. The lowest BCUT2D eigenvalue weighted by Gasteiger charge is -2.12. The van der Waals surface area contributed by atoms with E-state index >= 15 is 0 Å². The maximum atomic E-state index is 11.2. The van der Waals surface area contributed by atoms with Crippen molar-refractivity contribution in [1.82, 2.24) is 16.0 Å². The molecule has 94 valence electrons. The maximum absolute atomic E-state index is 11.2. The Morgan fingerprint density at radius 1 is 1.31 bits per heavy atom. The Hall–Kier alpha value is -1.30. The van der Waals surface area contributed by atoms with Crippen molar-refractivity contribution in [2.75, 3.05) is 19.6 Å². The van der Waals surface area contributed by atoms with Gasteiger partial charge in [-0.05, 0) is 26.4 Å². The van der Waals surface area contributed by atoms with Gasteiger partial charge in [0, 0.05) is 12.6 Å². The number of carboxylic acids is 1. The highest BCUT2D eigenvalue weighted by Crippen LogP contribution is 1.89. The molecule has 0 aromatic heterocycles. The van der Waals surface area contributed by atoms with Gasteiger partial charge in [-0.15, -0.1) is 0 Å². The summed E-state index contributed by atoms with van der Waals surface area (Å²) in [7, 11) is 0. The SMILES string of the molecule is CCNCCCNC(=O)NC(C)CC(=O)O. The van der Waals surface area contributed by atoms with Crippen LogP contribution in [-0.4, -0.2) is 42.8 Å². The average Bonchev–Trinajstić information content (AvgIpc) is 2.15. The highest BCUT2D eigenvalue weighted by molar-refractivity contribution is 5.75. The Kier molecular flexibility index (Phi) is 8.24. The minimum absolute atomic E-state index is 0.0647. The van der Waals surface area contributed by atoms with Gasteiger partial charge >= 0.3 is 12.0 Å². The Balaban J connectivity index is 3.47. The third kappa shape index (κ3) is 9.26. The summed E-state index contributed by atoms with van der Waals surface area (Å²) in [6, 6.07) is -0.670. The zero-order valence-corrected chi connectivity index (χ0v) is 9.88. The van der Waals surface area contributed by atoms with Crippen LogP contribution in [0.25, 0.3) is 0 Å². The van der Waals surface area contributed by atoms with Crippen molar-refractivity contribution in [1.29, 1.82) is 0 Å². The number of hydrogen-bond donors (Lipinski definition) is 4. The quantitative estimate of drug-likeness (QED) is 0.447. The summed E-state index contributed by atoms with van der Waals surface area (Å²) in [5.74, 6) is -0.917. The molecule has 1 atom stereocenters. The first kappa shape index (κ1) is 14.7. The van der Waals surface area contributed by atoms with Gasteiger partial charge in [0.25, 0.3) is 0 Å². The van der Waals surface area contributed by atoms with Crippen molar-refractivity contribution in [3.05, 3.63) is 0 Å². The summed E-state index contributed by atoms with van der Waals surface area (Å²) < 4.78 is 0. The van der Waals surface area contributed by atoms with Crippen molar-refractivity contribution in [3.63, 3.8) is 0 Å². The van der Waals surface area contributed by atoms with E-state index in [1.54, 1.807) is 6.92 Å². The summed E-state index contributed by atoms with van der Waals surface area (Å²) in [5, 5.41) is 16.8. The number of aliphatic carboxylic acids is 1. The van der Waals surface area contributed by atoms with E-state index < -0.39 is 5.97 Å². The fraction of sp³-hybridized carbons (Fsp3) is 0.800. The second kappa shape index (κ2) is 8.96. The molecule has 0 aliphatic heterocycles. The summed E-state index contributed by atoms with van der Waals surface area (Å²) in [5.41, 5.74) is 0. The molecule has 6 nitrogen and oxygen atoms in total. The van der Waals surface area contributed by atoms with Crippen LogP contribution in [0.15, 0.2) is 0 Å². The van der Waals surface area contributed by atoms with E-state index in [-0.39, 0.29) is 18.5 Å². The summed E-state index contributed by atoms with van der Waals surface area (Å²) in [6.07, 6.45) is 0.791. The molecular formula is C10H21N3O3. The molecule has 0 aliphatic carbocycles. The zero-order valence-electron chi connectivity index (χ0n) is 9.88. The molecule has 0 radical (unpaired) electrons. The standard InChI is InChI=1S/C10H21N3O3/c1-3-11-5-4-6-12-10(16)13-8(2)7-9(14)15/h8,11H,3-7H2,1-2H3,(H,14,15)(H2,12,13,16). The van der Waals surface area contributed by atoms with Crippen LogP contribution in [-0.2, 0) is 4.79 Å². The molecule has 0 bridgehead atoms. The van der Waals surface area contributed by atoms with Crippen LogP contribution in [0.4, 0.5) is 4.79 Å². The molecule has 4 N–H and O–H groups in total. The van der Waals surface area contributed by atoms with Crippen molar-refractivity contribution in [2.24, 2.45) is 0 Å². The third-order valence-corrected chi connectivity index (χ3v) is 1.92. The molecule has 0 fully saturated rings. The number of carbonyl (C=O) groups excluding carboxylic acids is 1. The Morgan fingerprint density at radius 2 is 2.00 bits per heavy atom. The van der Waals surface area contributed by atoms with Gasteiger partial charge in [-0.25, -0.2) is 4.79 Å². The van der Waals surface area contributed by atoms with E-state index in [0.29, 0.717) is 6.54 Å². The van der Waals surface area contributed by atoms with Gasteiger partial charge in [0.1, 0.15) is 0 Å². The molecule has 0 aliphatic rings. The number of carbonyl (C=O) groups is 2. The minimum Gasteiger partial charge on any atom is -0.481 e. The molecule has 2 amide bonds. The fourth-order valence-corrected chi connectivity index (χ4v) is 1.18. The number of nitrogens with one attached hydrogen (secondary N) is 3. The molecule has 0 rings (SSSR count). The lowest BCUT2D eigenvalue weighted by atomic mass is 10.2. The van der Waals surface area contributed by atoms with Crippen LogP contribution < -0.4 is 16.0 Å². The summed E-state index contributed by atoms with van der Waals surface area (Å²) in [4.78, 5) is 21.6. The second-order valence-corrected chi connectivity index (χ2v) is 3.61. The van der Waals surface area contributed by atoms with Crippen LogP contribution in [0.2, 0.25) is 0 Å². The predicted molar refractivity (Wildman–Crippen MR) is 61.4 cm³/mol. The Bertz CT molecular complexity index is 221. The molecule has 0 saturated carbocycles. The molecule has 16 heavy (non-hydrogen) atoms. The molecule has 0 aromatic rings. The van der Waals surface area contributed by atoms with E-state index in [1.807, 2.05) is 6.92 Å². The molecule has 0 saturated heterocycles. The first-order valence-corrected chi connectivity index (χ1v) is 5.53. The normalized spacial score (nSPS) is 11.9.